The third kappa shape index (κ3) is 3.73. The molecule has 4 heteroatoms. The van der Waals surface area contributed by atoms with E-state index >= 15 is 0 Å². The van der Waals surface area contributed by atoms with Crippen molar-refractivity contribution >= 4 is 23.2 Å². The molecule has 0 saturated heterocycles. The van der Waals surface area contributed by atoms with Crippen LogP contribution in [0.3, 0.4) is 0 Å². The second-order valence-electron chi connectivity index (χ2n) is 4.37. The number of anilines is 1. The number of nitrogens with one attached hydrogen (secondary N) is 1. The summed E-state index contributed by atoms with van der Waals surface area (Å²) in [5, 5.41) is 12.3. The van der Waals surface area contributed by atoms with E-state index in [0.717, 1.165) is 11.1 Å². The quantitative estimate of drug-likeness (QED) is 0.842. The lowest BCUT2D eigenvalue weighted by atomic mass is 10.1. The van der Waals surface area contributed by atoms with Gasteiger partial charge in [-0.3, -0.25) is 4.79 Å². The summed E-state index contributed by atoms with van der Waals surface area (Å²) in [4.78, 5) is 11.9. The molecule has 0 unspecified atom stereocenters. The third-order valence-electron chi connectivity index (χ3n) is 2.71. The number of hydrogen-bond donors (Lipinski definition) is 2. The van der Waals surface area contributed by atoms with Gasteiger partial charge in [0, 0.05) is 6.07 Å². The number of benzene rings is 2. The maximum absolute atomic E-state index is 11.9. The number of carbonyl (C=O) groups excluding carboxylic acids is 1. The Morgan fingerprint density at radius 2 is 1.89 bits per heavy atom. The Morgan fingerprint density at radius 1 is 1.21 bits per heavy atom. The van der Waals surface area contributed by atoms with E-state index in [4.69, 9.17) is 11.6 Å². The summed E-state index contributed by atoms with van der Waals surface area (Å²) in [5.74, 6) is -0.0713. The van der Waals surface area contributed by atoms with Crippen LogP contribution in [0.4, 0.5) is 5.69 Å². The average Bonchev–Trinajstić information content (AvgIpc) is 2.36. The standard InChI is InChI=1S/C15H14ClNO2/c1-10-2-4-11(5-3-10)8-15(19)17-14-7-6-12(18)9-13(14)16/h2-7,9,18H,8H2,1H3,(H,17,19). The number of aromatic hydroxyl groups is 1. The number of rotatable bonds is 3. The fourth-order valence-electron chi connectivity index (χ4n) is 1.69. The molecule has 19 heavy (non-hydrogen) atoms. The van der Waals surface area contributed by atoms with Crippen molar-refractivity contribution in [1.29, 1.82) is 0 Å². The highest BCUT2D eigenvalue weighted by Gasteiger charge is 2.07. The number of halogens is 1. The van der Waals surface area contributed by atoms with E-state index in [1.807, 2.05) is 31.2 Å². The van der Waals surface area contributed by atoms with Gasteiger partial charge in [-0.15, -0.1) is 0 Å². The fourth-order valence-corrected chi connectivity index (χ4v) is 1.91. The largest absolute Gasteiger partial charge is 0.508 e. The molecule has 98 valence electrons. The van der Waals surface area contributed by atoms with Gasteiger partial charge in [0.25, 0.3) is 0 Å². The second kappa shape index (κ2) is 5.76. The molecule has 0 atom stereocenters. The van der Waals surface area contributed by atoms with Crippen LogP contribution < -0.4 is 5.32 Å². The minimum atomic E-state index is -0.142. The molecule has 1 amide bonds. The Balaban J connectivity index is 2.03. The van der Waals surface area contributed by atoms with Gasteiger partial charge in [-0.05, 0) is 24.6 Å². The van der Waals surface area contributed by atoms with Gasteiger partial charge in [-0.1, -0.05) is 41.4 Å². The van der Waals surface area contributed by atoms with Crippen molar-refractivity contribution in [2.75, 3.05) is 5.32 Å². The molecule has 2 N–H and O–H groups in total. The topological polar surface area (TPSA) is 49.3 Å². The summed E-state index contributed by atoms with van der Waals surface area (Å²) in [7, 11) is 0. The van der Waals surface area contributed by atoms with Gasteiger partial charge in [0.15, 0.2) is 0 Å². The van der Waals surface area contributed by atoms with Gasteiger partial charge >= 0.3 is 0 Å². The molecule has 0 heterocycles. The molecule has 0 spiro atoms. The molecule has 0 aliphatic carbocycles. The van der Waals surface area contributed by atoms with Crippen molar-refractivity contribution in [3.63, 3.8) is 0 Å². The third-order valence-corrected chi connectivity index (χ3v) is 3.02. The number of carbonyl (C=O) groups is 1. The van der Waals surface area contributed by atoms with Crippen LogP contribution in [0.1, 0.15) is 11.1 Å². The predicted molar refractivity (Wildman–Crippen MR) is 76.6 cm³/mol. The monoisotopic (exact) mass is 275 g/mol. The van der Waals surface area contributed by atoms with E-state index in [2.05, 4.69) is 5.32 Å². The van der Waals surface area contributed by atoms with Gasteiger partial charge < -0.3 is 10.4 Å². The lowest BCUT2D eigenvalue weighted by Crippen LogP contribution is -2.14. The highest BCUT2D eigenvalue weighted by Crippen LogP contribution is 2.26. The van der Waals surface area contributed by atoms with E-state index in [1.54, 1.807) is 6.07 Å². The maximum Gasteiger partial charge on any atom is 0.228 e. The number of phenolic OH excluding ortho intramolecular Hbond substituents is 1. The SMILES string of the molecule is Cc1ccc(CC(=O)Nc2ccc(O)cc2Cl)cc1. The summed E-state index contributed by atoms with van der Waals surface area (Å²) in [6.45, 7) is 2.00. The molecule has 0 bridgehead atoms. The highest BCUT2D eigenvalue weighted by atomic mass is 35.5. The average molecular weight is 276 g/mol. The fraction of sp³-hybridized carbons (Fsp3) is 0.133. The Bertz CT molecular complexity index is 594. The number of hydrogen-bond acceptors (Lipinski definition) is 2. The number of phenols is 1. The lowest BCUT2D eigenvalue weighted by Gasteiger charge is -2.07. The van der Waals surface area contributed by atoms with E-state index in [9.17, 15) is 9.90 Å². The first kappa shape index (κ1) is 13.4. The van der Waals surface area contributed by atoms with Crippen LogP contribution >= 0.6 is 11.6 Å². The second-order valence-corrected chi connectivity index (χ2v) is 4.78. The molecule has 2 rings (SSSR count). The number of amides is 1. The molecule has 0 radical (unpaired) electrons. The van der Waals surface area contributed by atoms with Crippen LogP contribution in [0.15, 0.2) is 42.5 Å². The first-order valence-corrected chi connectivity index (χ1v) is 6.26. The molecule has 2 aromatic rings. The first-order chi connectivity index (χ1) is 9.04. The highest BCUT2D eigenvalue weighted by molar-refractivity contribution is 6.33. The summed E-state index contributed by atoms with van der Waals surface area (Å²) in [6.07, 6.45) is 0.289. The van der Waals surface area contributed by atoms with Gasteiger partial charge in [0.2, 0.25) is 5.91 Å². The van der Waals surface area contributed by atoms with Crippen LogP contribution in [0.25, 0.3) is 0 Å². The zero-order valence-corrected chi connectivity index (χ0v) is 11.2. The molecule has 0 fully saturated rings. The Kier molecular flexibility index (Phi) is 4.07. The van der Waals surface area contributed by atoms with Gasteiger partial charge in [-0.2, -0.15) is 0 Å². The normalized spacial score (nSPS) is 10.2. The van der Waals surface area contributed by atoms with Crippen molar-refractivity contribution in [1.82, 2.24) is 0 Å². The van der Waals surface area contributed by atoms with Crippen LogP contribution in [0, 0.1) is 6.92 Å². The van der Waals surface area contributed by atoms with Gasteiger partial charge in [0.1, 0.15) is 5.75 Å². The molecule has 3 nitrogen and oxygen atoms in total. The summed E-state index contributed by atoms with van der Waals surface area (Å²) in [6, 6.07) is 12.2. The van der Waals surface area contributed by atoms with E-state index < -0.39 is 0 Å². The van der Waals surface area contributed by atoms with Crippen molar-refractivity contribution in [3.8, 4) is 5.75 Å². The molecule has 0 saturated carbocycles. The van der Waals surface area contributed by atoms with Gasteiger partial charge in [-0.25, -0.2) is 0 Å². The molecular formula is C15H14ClNO2. The minimum Gasteiger partial charge on any atom is -0.508 e. The van der Waals surface area contributed by atoms with E-state index in [-0.39, 0.29) is 18.1 Å². The molecule has 0 aliphatic heterocycles. The summed E-state index contributed by atoms with van der Waals surface area (Å²) >= 11 is 5.92. The Labute approximate surface area is 116 Å². The minimum absolute atomic E-state index is 0.0709. The van der Waals surface area contributed by atoms with Crippen molar-refractivity contribution in [3.05, 3.63) is 58.6 Å². The maximum atomic E-state index is 11.9. The smallest absolute Gasteiger partial charge is 0.228 e. The lowest BCUT2D eigenvalue weighted by molar-refractivity contribution is -0.115. The van der Waals surface area contributed by atoms with E-state index in [0.29, 0.717) is 10.7 Å². The number of aryl methyl sites for hydroxylation is 1. The van der Waals surface area contributed by atoms with Crippen molar-refractivity contribution in [2.45, 2.75) is 13.3 Å². The zero-order chi connectivity index (χ0) is 13.8. The predicted octanol–water partition coefficient (Wildman–Crippen LogP) is 3.54. The van der Waals surface area contributed by atoms with Gasteiger partial charge in [0.05, 0.1) is 17.1 Å². The molecular weight excluding hydrogens is 262 g/mol. The van der Waals surface area contributed by atoms with Crippen molar-refractivity contribution < 1.29 is 9.90 Å². The first-order valence-electron chi connectivity index (χ1n) is 5.88. The van der Waals surface area contributed by atoms with Crippen LogP contribution in [0.5, 0.6) is 5.75 Å². The van der Waals surface area contributed by atoms with Crippen molar-refractivity contribution in [2.24, 2.45) is 0 Å². The summed E-state index contributed by atoms with van der Waals surface area (Å²) in [5.41, 5.74) is 2.60. The molecule has 0 aliphatic rings. The van der Waals surface area contributed by atoms with Crippen LogP contribution in [-0.2, 0) is 11.2 Å². The summed E-state index contributed by atoms with van der Waals surface area (Å²) < 4.78 is 0. The van der Waals surface area contributed by atoms with E-state index in [1.165, 1.54) is 12.1 Å². The molecule has 2 aromatic carbocycles. The Morgan fingerprint density at radius 3 is 2.53 bits per heavy atom. The molecule has 0 aromatic heterocycles. The Hall–Kier alpha value is -2.00. The van der Waals surface area contributed by atoms with Crippen LogP contribution in [0.2, 0.25) is 5.02 Å². The zero-order valence-electron chi connectivity index (χ0n) is 10.5. The van der Waals surface area contributed by atoms with Crippen LogP contribution in [-0.4, -0.2) is 11.0 Å².